The van der Waals surface area contributed by atoms with Crippen molar-refractivity contribution in [1.82, 2.24) is 10.1 Å². The summed E-state index contributed by atoms with van der Waals surface area (Å²) in [6.45, 7) is -1.36. The van der Waals surface area contributed by atoms with Crippen molar-refractivity contribution in [2.75, 3.05) is 19.1 Å². The van der Waals surface area contributed by atoms with E-state index >= 15 is 0 Å². The van der Waals surface area contributed by atoms with Gasteiger partial charge in [0.25, 0.3) is 0 Å². The predicted molar refractivity (Wildman–Crippen MR) is 49.3 cm³/mol. The van der Waals surface area contributed by atoms with Crippen molar-refractivity contribution in [3.63, 3.8) is 0 Å². The zero-order chi connectivity index (χ0) is 12.0. The van der Waals surface area contributed by atoms with Crippen LogP contribution in [0.2, 0.25) is 0 Å². The van der Waals surface area contributed by atoms with Crippen molar-refractivity contribution < 1.29 is 22.4 Å². The van der Waals surface area contributed by atoms with Crippen LogP contribution in [0.15, 0.2) is 4.52 Å². The molecule has 1 rings (SSSR count). The van der Waals surface area contributed by atoms with Gasteiger partial charge in [-0.3, -0.25) is 0 Å². The summed E-state index contributed by atoms with van der Waals surface area (Å²) in [6, 6.07) is 0. The van der Waals surface area contributed by atoms with E-state index in [1.54, 1.807) is 0 Å². The normalized spacial score (nSPS) is 12.0. The van der Waals surface area contributed by atoms with Crippen molar-refractivity contribution >= 4 is 11.6 Å². The second kappa shape index (κ2) is 6.05. The number of alkyl halides is 4. The highest BCUT2D eigenvalue weighted by atomic mass is 35.5. The molecule has 0 fully saturated rings. The average Bonchev–Trinajstić information content (AvgIpc) is 2.60. The Morgan fingerprint density at radius 1 is 1.31 bits per heavy atom. The Morgan fingerprint density at radius 2 is 2.06 bits per heavy atom. The maximum atomic E-state index is 11.7. The lowest BCUT2D eigenvalue weighted by molar-refractivity contribution is -0.173. The van der Waals surface area contributed by atoms with Gasteiger partial charge in [0.05, 0.1) is 6.61 Å². The Hall–Kier alpha value is -0.820. The van der Waals surface area contributed by atoms with E-state index in [0.29, 0.717) is 24.0 Å². The molecule has 0 bridgehead atoms. The highest BCUT2D eigenvalue weighted by molar-refractivity contribution is 6.17. The Labute approximate surface area is 94.7 Å². The monoisotopic (exact) mass is 258 g/mol. The molecule has 16 heavy (non-hydrogen) atoms. The third-order valence-corrected chi connectivity index (χ3v) is 1.74. The molecule has 4 nitrogen and oxygen atoms in total. The first-order valence-electron chi connectivity index (χ1n) is 4.53. The summed E-state index contributed by atoms with van der Waals surface area (Å²) in [5, 5.41) is 3.56. The van der Waals surface area contributed by atoms with E-state index < -0.39 is 12.8 Å². The van der Waals surface area contributed by atoms with E-state index in [-0.39, 0.29) is 13.0 Å². The van der Waals surface area contributed by atoms with Crippen LogP contribution >= 0.6 is 11.6 Å². The molecule has 1 heterocycles. The predicted octanol–water partition coefficient (Wildman–Crippen LogP) is 1.97. The van der Waals surface area contributed by atoms with Crippen LogP contribution in [0, 0.1) is 0 Å². The second-order valence-electron chi connectivity index (χ2n) is 2.96. The fourth-order valence-corrected chi connectivity index (χ4v) is 1.09. The first-order chi connectivity index (χ1) is 7.51. The van der Waals surface area contributed by atoms with Crippen LogP contribution in [0.1, 0.15) is 11.7 Å². The van der Waals surface area contributed by atoms with Gasteiger partial charge in [0, 0.05) is 18.7 Å². The summed E-state index contributed by atoms with van der Waals surface area (Å²) in [6.07, 6.45) is -3.68. The molecule has 0 aliphatic rings. The largest absolute Gasteiger partial charge is 0.411 e. The Morgan fingerprint density at radius 3 is 2.69 bits per heavy atom. The minimum absolute atomic E-state index is 0.0979. The quantitative estimate of drug-likeness (QED) is 0.578. The summed E-state index contributed by atoms with van der Waals surface area (Å²) in [5.41, 5.74) is 0. The van der Waals surface area contributed by atoms with E-state index in [1.165, 1.54) is 0 Å². The van der Waals surface area contributed by atoms with Gasteiger partial charge in [-0.1, -0.05) is 5.16 Å². The first-order valence-corrected chi connectivity index (χ1v) is 5.06. The molecule has 8 heteroatoms. The van der Waals surface area contributed by atoms with Gasteiger partial charge in [-0.25, -0.2) is 0 Å². The number of hydrogen-bond acceptors (Lipinski definition) is 4. The number of halogens is 4. The van der Waals surface area contributed by atoms with Gasteiger partial charge < -0.3 is 9.26 Å². The molecule has 0 spiro atoms. The number of nitrogens with zero attached hydrogens (tertiary/aromatic N) is 2. The molecular formula is C8H10ClF3N2O2. The van der Waals surface area contributed by atoms with Crippen LogP contribution in [0.25, 0.3) is 0 Å². The molecule has 0 saturated heterocycles. The van der Waals surface area contributed by atoms with Crippen molar-refractivity contribution in [1.29, 1.82) is 0 Å². The molecule has 92 valence electrons. The first kappa shape index (κ1) is 13.2. The molecule has 0 radical (unpaired) electrons. The molecule has 0 atom stereocenters. The molecule has 0 N–H and O–H groups in total. The van der Waals surface area contributed by atoms with Gasteiger partial charge in [-0.2, -0.15) is 18.2 Å². The lowest BCUT2D eigenvalue weighted by Crippen LogP contribution is -2.18. The topological polar surface area (TPSA) is 48.2 Å². The van der Waals surface area contributed by atoms with E-state index in [2.05, 4.69) is 14.9 Å². The van der Waals surface area contributed by atoms with E-state index in [1.807, 2.05) is 0 Å². The van der Waals surface area contributed by atoms with Crippen LogP contribution in [-0.2, 0) is 17.6 Å². The number of rotatable bonds is 6. The van der Waals surface area contributed by atoms with E-state index in [9.17, 15) is 13.2 Å². The Balaban J connectivity index is 2.21. The number of ether oxygens (including phenoxy) is 1. The molecule has 0 aliphatic carbocycles. The standard InChI is InChI=1S/C8H10ClF3N2O2/c9-3-1-7-13-6(14-16-7)2-4-15-5-8(10,11)12/h1-5H2. The van der Waals surface area contributed by atoms with Crippen LogP contribution in [-0.4, -0.2) is 35.4 Å². The molecule has 0 unspecified atom stereocenters. The fraction of sp³-hybridized carbons (Fsp3) is 0.750. The van der Waals surface area contributed by atoms with Gasteiger partial charge in [-0.05, 0) is 0 Å². The SMILES string of the molecule is FC(F)(F)COCCc1noc(CCCl)n1. The van der Waals surface area contributed by atoms with Crippen molar-refractivity contribution in [2.45, 2.75) is 19.0 Å². The summed E-state index contributed by atoms with van der Waals surface area (Å²) in [7, 11) is 0. The molecule has 0 aliphatic heterocycles. The van der Waals surface area contributed by atoms with Gasteiger partial charge in [0.1, 0.15) is 6.61 Å². The van der Waals surface area contributed by atoms with Crippen LogP contribution < -0.4 is 0 Å². The fourth-order valence-electron chi connectivity index (χ4n) is 0.925. The van der Waals surface area contributed by atoms with Gasteiger partial charge in [-0.15, -0.1) is 11.6 Å². The van der Waals surface area contributed by atoms with Crippen LogP contribution in [0.5, 0.6) is 0 Å². The third kappa shape index (κ3) is 5.32. The van der Waals surface area contributed by atoms with E-state index in [4.69, 9.17) is 16.1 Å². The smallest absolute Gasteiger partial charge is 0.372 e. The summed E-state index contributed by atoms with van der Waals surface area (Å²) < 4.78 is 44.3. The maximum absolute atomic E-state index is 11.7. The lowest BCUT2D eigenvalue weighted by atomic mass is 10.4. The maximum Gasteiger partial charge on any atom is 0.411 e. The van der Waals surface area contributed by atoms with Crippen molar-refractivity contribution in [2.24, 2.45) is 0 Å². The van der Waals surface area contributed by atoms with Gasteiger partial charge >= 0.3 is 6.18 Å². The summed E-state index contributed by atoms with van der Waals surface area (Å²) in [4.78, 5) is 3.91. The van der Waals surface area contributed by atoms with Gasteiger partial charge in [0.15, 0.2) is 5.82 Å². The molecule has 0 aromatic carbocycles. The zero-order valence-corrected chi connectivity index (χ0v) is 9.01. The van der Waals surface area contributed by atoms with Crippen molar-refractivity contribution in [3.8, 4) is 0 Å². The van der Waals surface area contributed by atoms with E-state index in [0.717, 1.165) is 0 Å². The summed E-state index contributed by atoms with van der Waals surface area (Å²) in [5.74, 6) is 1.05. The lowest BCUT2D eigenvalue weighted by Gasteiger charge is -2.05. The molecule has 1 aromatic rings. The molecular weight excluding hydrogens is 249 g/mol. The van der Waals surface area contributed by atoms with Crippen LogP contribution in [0.4, 0.5) is 13.2 Å². The Bertz CT molecular complexity index is 316. The minimum atomic E-state index is -4.30. The van der Waals surface area contributed by atoms with Gasteiger partial charge in [0.2, 0.25) is 5.89 Å². The average molecular weight is 259 g/mol. The molecule has 0 amide bonds. The van der Waals surface area contributed by atoms with Crippen molar-refractivity contribution in [3.05, 3.63) is 11.7 Å². The zero-order valence-electron chi connectivity index (χ0n) is 8.26. The molecule has 1 aromatic heterocycles. The second-order valence-corrected chi connectivity index (χ2v) is 3.34. The summed E-state index contributed by atoms with van der Waals surface area (Å²) >= 11 is 5.44. The number of aryl methyl sites for hydroxylation is 1. The number of aromatic nitrogens is 2. The highest BCUT2D eigenvalue weighted by Crippen LogP contribution is 2.14. The highest BCUT2D eigenvalue weighted by Gasteiger charge is 2.27. The third-order valence-electron chi connectivity index (χ3n) is 1.55. The Kier molecular flexibility index (Phi) is 5.01. The molecule has 0 saturated carbocycles. The van der Waals surface area contributed by atoms with Crippen LogP contribution in [0.3, 0.4) is 0 Å². The minimum Gasteiger partial charge on any atom is -0.372 e. The number of hydrogen-bond donors (Lipinski definition) is 0.